The van der Waals surface area contributed by atoms with Gasteiger partial charge in [-0.3, -0.25) is 9.59 Å². The van der Waals surface area contributed by atoms with Gasteiger partial charge in [0.25, 0.3) is 0 Å². The molecular formula is C26H36N2O2S2. The average Bonchev–Trinajstić information content (AvgIpc) is 2.80. The van der Waals surface area contributed by atoms with Crippen molar-refractivity contribution in [1.29, 1.82) is 0 Å². The molecule has 0 atom stereocenters. The molecule has 2 N–H and O–H groups in total. The molecule has 0 saturated heterocycles. The highest BCUT2D eigenvalue weighted by Gasteiger charge is 2.11. The van der Waals surface area contributed by atoms with Gasteiger partial charge in [-0.25, -0.2) is 0 Å². The van der Waals surface area contributed by atoms with Crippen LogP contribution in [0.4, 0.5) is 11.4 Å². The van der Waals surface area contributed by atoms with Crippen molar-refractivity contribution in [3.05, 3.63) is 48.5 Å². The zero-order valence-corrected chi connectivity index (χ0v) is 21.0. The van der Waals surface area contributed by atoms with E-state index in [4.69, 9.17) is 0 Å². The van der Waals surface area contributed by atoms with Crippen molar-refractivity contribution in [2.45, 2.75) is 87.8 Å². The number of rotatable bonds is 15. The van der Waals surface area contributed by atoms with Gasteiger partial charge in [0.2, 0.25) is 11.8 Å². The standard InChI is InChI=1S/C26H36N2O2S2/c1-3-5-7-9-19-25(29)27-21-15-11-13-17-23(21)31-32-24-18-14-12-16-22(24)28-26(30)20-10-8-6-4-2/h11-18H,3-10,19-20H2,1-2H3,(H,27,29)(H,28,30). The molecule has 2 aromatic carbocycles. The lowest BCUT2D eigenvalue weighted by Gasteiger charge is -2.13. The highest BCUT2D eigenvalue weighted by Crippen LogP contribution is 2.43. The fourth-order valence-electron chi connectivity index (χ4n) is 3.23. The van der Waals surface area contributed by atoms with Crippen molar-refractivity contribution >= 4 is 44.8 Å². The molecular weight excluding hydrogens is 436 g/mol. The quantitative estimate of drug-likeness (QED) is 0.202. The number of benzene rings is 2. The molecule has 2 aromatic rings. The van der Waals surface area contributed by atoms with Gasteiger partial charge in [-0.1, -0.05) is 98.2 Å². The highest BCUT2D eigenvalue weighted by molar-refractivity contribution is 8.76. The lowest BCUT2D eigenvalue weighted by atomic mass is 10.1. The Morgan fingerprint density at radius 1 is 0.625 bits per heavy atom. The Morgan fingerprint density at radius 2 is 1.03 bits per heavy atom. The molecule has 0 aliphatic carbocycles. The number of para-hydroxylation sites is 2. The molecule has 0 saturated carbocycles. The van der Waals surface area contributed by atoms with Crippen LogP contribution in [-0.4, -0.2) is 11.8 Å². The third kappa shape index (κ3) is 10.1. The molecule has 174 valence electrons. The lowest BCUT2D eigenvalue weighted by molar-refractivity contribution is -0.117. The van der Waals surface area contributed by atoms with E-state index in [1.807, 2.05) is 48.5 Å². The zero-order valence-electron chi connectivity index (χ0n) is 19.3. The average molecular weight is 473 g/mol. The Labute approximate surface area is 201 Å². The second-order valence-electron chi connectivity index (χ2n) is 7.88. The largest absolute Gasteiger partial charge is 0.325 e. The van der Waals surface area contributed by atoms with Gasteiger partial charge in [-0.05, 0) is 37.1 Å². The van der Waals surface area contributed by atoms with E-state index < -0.39 is 0 Å². The summed E-state index contributed by atoms with van der Waals surface area (Å²) in [5.41, 5.74) is 1.67. The fraction of sp³-hybridized carbons (Fsp3) is 0.462. The molecule has 0 fully saturated rings. The maximum absolute atomic E-state index is 12.3. The SMILES string of the molecule is CCCCCCC(=O)Nc1ccccc1SSc1ccccc1NC(=O)CCCCCC. The summed E-state index contributed by atoms with van der Waals surface area (Å²) in [4.78, 5) is 26.7. The summed E-state index contributed by atoms with van der Waals surface area (Å²) in [7, 11) is 3.18. The van der Waals surface area contributed by atoms with Crippen LogP contribution in [0.5, 0.6) is 0 Å². The van der Waals surface area contributed by atoms with Crippen LogP contribution >= 0.6 is 21.6 Å². The number of carbonyl (C=O) groups is 2. The first-order valence-electron chi connectivity index (χ1n) is 11.8. The molecule has 0 bridgehead atoms. The van der Waals surface area contributed by atoms with Crippen molar-refractivity contribution < 1.29 is 9.59 Å². The van der Waals surface area contributed by atoms with Gasteiger partial charge >= 0.3 is 0 Å². The molecule has 0 radical (unpaired) electrons. The second kappa shape index (κ2) is 15.8. The van der Waals surface area contributed by atoms with Crippen molar-refractivity contribution in [2.24, 2.45) is 0 Å². The Hall–Kier alpha value is -1.92. The molecule has 0 aliphatic rings. The monoisotopic (exact) mass is 472 g/mol. The predicted molar refractivity (Wildman–Crippen MR) is 139 cm³/mol. The van der Waals surface area contributed by atoms with Crippen molar-refractivity contribution in [2.75, 3.05) is 10.6 Å². The maximum atomic E-state index is 12.3. The number of carbonyl (C=O) groups excluding carboxylic acids is 2. The summed E-state index contributed by atoms with van der Waals surface area (Å²) in [6, 6.07) is 15.7. The lowest BCUT2D eigenvalue weighted by Crippen LogP contribution is -2.12. The normalized spacial score (nSPS) is 10.7. The van der Waals surface area contributed by atoms with Crippen LogP contribution in [0.15, 0.2) is 58.3 Å². The molecule has 0 aliphatic heterocycles. The van der Waals surface area contributed by atoms with E-state index in [9.17, 15) is 9.59 Å². The molecule has 2 amide bonds. The number of unbranched alkanes of at least 4 members (excludes halogenated alkanes) is 6. The fourth-order valence-corrected chi connectivity index (χ4v) is 5.50. The molecule has 0 heterocycles. The Balaban J connectivity index is 1.92. The van der Waals surface area contributed by atoms with Crippen LogP contribution in [-0.2, 0) is 9.59 Å². The predicted octanol–water partition coefficient (Wildman–Crippen LogP) is 8.30. The molecule has 0 spiro atoms. The highest BCUT2D eigenvalue weighted by atomic mass is 33.1. The van der Waals surface area contributed by atoms with E-state index in [1.165, 1.54) is 25.7 Å². The summed E-state index contributed by atoms with van der Waals surface area (Å²) in [6.45, 7) is 4.34. The first kappa shape index (κ1) is 26.3. The van der Waals surface area contributed by atoms with E-state index >= 15 is 0 Å². The van der Waals surface area contributed by atoms with Gasteiger partial charge in [0.05, 0.1) is 11.4 Å². The van der Waals surface area contributed by atoms with E-state index in [0.29, 0.717) is 12.8 Å². The van der Waals surface area contributed by atoms with Crippen LogP contribution in [0.25, 0.3) is 0 Å². The molecule has 32 heavy (non-hydrogen) atoms. The van der Waals surface area contributed by atoms with Crippen LogP contribution in [0.1, 0.15) is 78.1 Å². The van der Waals surface area contributed by atoms with Gasteiger partial charge in [-0.2, -0.15) is 0 Å². The van der Waals surface area contributed by atoms with Crippen LogP contribution in [0.2, 0.25) is 0 Å². The van der Waals surface area contributed by atoms with Gasteiger partial charge in [0.15, 0.2) is 0 Å². The molecule has 6 heteroatoms. The van der Waals surface area contributed by atoms with E-state index in [1.54, 1.807) is 21.6 Å². The van der Waals surface area contributed by atoms with Crippen LogP contribution in [0, 0.1) is 0 Å². The van der Waals surface area contributed by atoms with E-state index in [-0.39, 0.29) is 11.8 Å². The van der Waals surface area contributed by atoms with Gasteiger partial charge in [0.1, 0.15) is 0 Å². The number of hydrogen-bond acceptors (Lipinski definition) is 4. The topological polar surface area (TPSA) is 58.2 Å². The van der Waals surface area contributed by atoms with E-state index in [2.05, 4.69) is 24.5 Å². The van der Waals surface area contributed by atoms with Crippen LogP contribution < -0.4 is 10.6 Å². The van der Waals surface area contributed by atoms with Gasteiger partial charge < -0.3 is 10.6 Å². The molecule has 0 aromatic heterocycles. The second-order valence-corrected chi connectivity index (χ2v) is 10.1. The maximum Gasteiger partial charge on any atom is 0.224 e. The first-order valence-corrected chi connectivity index (χ1v) is 13.9. The van der Waals surface area contributed by atoms with Crippen LogP contribution in [0.3, 0.4) is 0 Å². The summed E-state index contributed by atoms with van der Waals surface area (Å²) in [5, 5.41) is 6.12. The molecule has 2 rings (SSSR count). The third-order valence-corrected chi connectivity index (χ3v) is 7.54. The summed E-state index contributed by atoms with van der Waals surface area (Å²) in [6.07, 6.45) is 9.83. The van der Waals surface area contributed by atoms with Gasteiger partial charge in [0, 0.05) is 22.6 Å². The number of amides is 2. The number of hydrogen-bond donors (Lipinski definition) is 2. The Morgan fingerprint density at radius 3 is 1.44 bits per heavy atom. The first-order chi connectivity index (χ1) is 15.6. The smallest absolute Gasteiger partial charge is 0.224 e. The Kier molecular flexibility index (Phi) is 13.0. The minimum atomic E-state index is 0.0647. The summed E-state index contributed by atoms with van der Waals surface area (Å²) in [5.74, 6) is 0.129. The van der Waals surface area contributed by atoms with Gasteiger partial charge in [-0.15, -0.1) is 0 Å². The van der Waals surface area contributed by atoms with E-state index in [0.717, 1.165) is 46.8 Å². The third-order valence-electron chi connectivity index (χ3n) is 5.06. The van der Waals surface area contributed by atoms with Crippen molar-refractivity contribution in [3.63, 3.8) is 0 Å². The summed E-state index contributed by atoms with van der Waals surface area (Å²) < 4.78 is 0. The summed E-state index contributed by atoms with van der Waals surface area (Å²) >= 11 is 0. The minimum Gasteiger partial charge on any atom is -0.325 e. The molecule has 0 unspecified atom stereocenters. The number of anilines is 2. The van der Waals surface area contributed by atoms with Crippen molar-refractivity contribution in [1.82, 2.24) is 0 Å². The van der Waals surface area contributed by atoms with Crippen molar-refractivity contribution in [3.8, 4) is 0 Å². The zero-order chi connectivity index (χ0) is 23.0. The minimum absolute atomic E-state index is 0.0647. The molecule has 4 nitrogen and oxygen atoms in total. The number of nitrogens with one attached hydrogen (secondary N) is 2. The Bertz CT molecular complexity index is 773.